The summed E-state index contributed by atoms with van der Waals surface area (Å²) in [6.07, 6.45) is 1.04. The van der Waals surface area contributed by atoms with Crippen molar-refractivity contribution in [1.29, 1.82) is 5.26 Å². The molecule has 0 saturated heterocycles. The van der Waals surface area contributed by atoms with Gasteiger partial charge in [0.15, 0.2) is 0 Å². The second-order valence-electron chi connectivity index (χ2n) is 2.60. The minimum atomic E-state index is -1.67. The summed E-state index contributed by atoms with van der Waals surface area (Å²) < 4.78 is 23.4. The van der Waals surface area contributed by atoms with E-state index in [-0.39, 0.29) is 6.42 Å². The zero-order valence-electron chi connectivity index (χ0n) is 7.78. The molecule has 0 aliphatic carbocycles. The van der Waals surface area contributed by atoms with E-state index in [2.05, 4.69) is 4.98 Å². The SMILES string of the molecule is N#Cc1cccnc1SCCC=C(F)F. The molecule has 0 spiro atoms. The lowest BCUT2D eigenvalue weighted by atomic mass is 10.3. The van der Waals surface area contributed by atoms with Gasteiger partial charge < -0.3 is 0 Å². The molecule has 0 radical (unpaired) electrons. The van der Waals surface area contributed by atoms with E-state index in [1.807, 2.05) is 6.07 Å². The highest BCUT2D eigenvalue weighted by Gasteiger charge is 2.01. The molecule has 1 aromatic heterocycles. The maximum absolute atomic E-state index is 11.7. The normalized spacial score (nSPS) is 9.40. The number of pyridine rings is 1. The molecule has 2 nitrogen and oxygen atoms in total. The fraction of sp³-hybridized carbons (Fsp3) is 0.200. The molecule has 0 saturated carbocycles. The number of halogens is 2. The standard InChI is InChI=1S/C10H8F2N2S/c11-9(12)4-2-6-15-10-8(7-13)3-1-5-14-10/h1,3-5H,2,6H2. The molecule has 78 valence electrons. The lowest BCUT2D eigenvalue weighted by molar-refractivity contribution is 0.418. The van der Waals surface area contributed by atoms with Crippen molar-refractivity contribution in [1.82, 2.24) is 4.98 Å². The van der Waals surface area contributed by atoms with Crippen LogP contribution in [0.15, 0.2) is 35.5 Å². The molecule has 0 aliphatic heterocycles. The van der Waals surface area contributed by atoms with Gasteiger partial charge in [-0.15, -0.1) is 11.8 Å². The maximum atomic E-state index is 11.7. The Kier molecular flexibility index (Phi) is 4.78. The topological polar surface area (TPSA) is 36.7 Å². The van der Waals surface area contributed by atoms with Crippen LogP contribution in [-0.2, 0) is 0 Å². The van der Waals surface area contributed by atoms with Crippen LogP contribution in [0.4, 0.5) is 8.78 Å². The monoisotopic (exact) mass is 226 g/mol. The first-order valence-electron chi connectivity index (χ1n) is 4.23. The molecule has 0 atom stereocenters. The Balaban J connectivity index is 2.51. The average Bonchev–Trinajstić information content (AvgIpc) is 2.24. The van der Waals surface area contributed by atoms with Crippen LogP contribution in [-0.4, -0.2) is 10.7 Å². The quantitative estimate of drug-likeness (QED) is 0.584. The Morgan fingerprint density at radius 3 is 3.07 bits per heavy atom. The van der Waals surface area contributed by atoms with Crippen LogP contribution in [0.2, 0.25) is 0 Å². The summed E-state index contributed by atoms with van der Waals surface area (Å²) in [5.41, 5.74) is 0.479. The predicted octanol–water partition coefficient (Wildman–Crippen LogP) is 3.22. The van der Waals surface area contributed by atoms with Crippen LogP contribution in [0.1, 0.15) is 12.0 Å². The Bertz CT molecular complexity index is 395. The molecule has 1 heterocycles. The van der Waals surface area contributed by atoms with Crippen molar-refractivity contribution in [3.8, 4) is 6.07 Å². The summed E-state index contributed by atoms with van der Waals surface area (Å²) in [5, 5.41) is 9.32. The molecule has 0 aliphatic rings. The maximum Gasteiger partial charge on any atom is 0.266 e. The second kappa shape index (κ2) is 6.14. The average molecular weight is 226 g/mol. The predicted molar refractivity (Wildman–Crippen MR) is 54.6 cm³/mol. The number of rotatable bonds is 4. The molecular formula is C10H8F2N2S. The van der Waals surface area contributed by atoms with Crippen molar-refractivity contribution < 1.29 is 8.78 Å². The molecule has 0 unspecified atom stereocenters. The van der Waals surface area contributed by atoms with Crippen molar-refractivity contribution in [2.75, 3.05) is 5.75 Å². The molecular weight excluding hydrogens is 218 g/mol. The van der Waals surface area contributed by atoms with Crippen LogP contribution in [0.3, 0.4) is 0 Å². The van der Waals surface area contributed by atoms with Crippen molar-refractivity contribution in [2.45, 2.75) is 11.4 Å². The first kappa shape index (κ1) is 11.7. The minimum Gasteiger partial charge on any atom is -0.249 e. The zero-order chi connectivity index (χ0) is 11.1. The third kappa shape index (κ3) is 4.09. The number of allylic oxidation sites excluding steroid dienone is 1. The summed E-state index contributed by atoms with van der Waals surface area (Å²) in [6, 6.07) is 5.32. The van der Waals surface area contributed by atoms with E-state index in [0.717, 1.165) is 6.08 Å². The minimum absolute atomic E-state index is 0.272. The number of hydrogen-bond donors (Lipinski definition) is 0. The summed E-state index contributed by atoms with van der Waals surface area (Å²) in [4.78, 5) is 4.00. The van der Waals surface area contributed by atoms with E-state index in [9.17, 15) is 8.78 Å². The van der Waals surface area contributed by atoms with Gasteiger partial charge >= 0.3 is 0 Å². The highest BCUT2D eigenvalue weighted by molar-refractivity contribution is 7.99. The van der Waals surface area contributed by atoms with Gasteiger partial charge in [-0.1, -0.05) is 0 Å². The van der Waals surface area contributed by atoms with Gasteiger partial charge in [-0.3, -0.25) is 0 Å². The van der Waals surface area contributed by atoms with Gasteiger partial charge in [-0.25, -0.2) is 4.98 Å². The number of nitriles is 1. The van der Waals surface area contributed by atoms with Gasteiger partial charge in [-0.05, 0) is 24.6 Å². The molecule has 0 N–H and O–H groups in total. The van der Waals surface area contributed by atoms with Gasteiger partial charge in [0.25, 0.3) is 6.08 Å². The van der Waals surface area contributed by atoms with Crippen LogP contribution < -0.4 is 0 Å². The van der Waals surface area contributed by atoms with Gasteiger partial charge in [0.2, 0.25) is 0 Å². The van der Waals surface area contributed by atoms with Crippen LogP contribution >= 0.6 is 11.8 Å². The fourth-order valence-electron chi connectivity index (χ4n) is 0.915. The van der Waals surface area contributed by atoms with E-state index in [4.69, 9.17) is 5.26 Å². The van der Waals surface area contributed by atoms with Gasteiger partial charge in [0, 0.05) is 11.9 Å². The van der Waals surface area contributed by atoms with E-state index >= 15 is 0 Å². The lowest BCUT2D eigenvalue weighted by Gasteiger charge is -1.99. The Hall–Kier alpha value is -1.41. The third-order valence-electron chi connectivity index (χ3n) is 1.55. The Labute approximate surface area is 90.6 Å². The molecule has 0 aromatic carbocycles. The smallest absolute Gasteiger partial charge is 0.249 e. The van der Waals surface area contributed by atoms with Crippen LogP contribution in [0.5, 0.6) is 0 Å². The number of aromatic nitrogens is 1. The zero-order valence-corrected chi connectivity index (χ0v) is 8.60. The highest BCUT2D eigenvalue weighted by Crippen LogP contribution is 2.20. The summed E-state index contributed by atoms with van der Waals surface area (Å²) in [5.74, 6) is 0.489. The summed E-state index contributed by atoms with van der Waals surface area (Å²) in [7, 11) is 0. The van der Waals surface area contributed by atoms with Crippen LogP contribution in [0.25, 0.3) is 0 Å². The fourth-order valence-corrected chi connectivity index (χ4v) is 1.75. The van der Waals surface area contributed by atoms with E-state index in [1.54, 1.807) is 18.3 Å². The molecule has 0 fully saturated rings. The Morgan fingerprint density at radius 1 is 1.60 bits per heavy atom. The van der Waals surface area contributed by atoms with E-state index < -0.39 is 6.08 Å². The van der Waals surface area contributed by atoms with Gasteiger partial charge in [-0.2, -0.15) is 14.0 Å². The lowest BCUT2D eigenvalue weighted by Crippen LogP contribution is -1.86. The summed E-state index contributed by atoms with van der Waals surface area (Å²) >= 11 is 1.30. The van der Waals surface area contributed by atoms with Gasteiger partial charge in [0.05, 0.1) is 5.56 Å². The number of thioether (sulfide) groups is 1. The van der Waals surface area contributed by atoms with Crippen molar-refractivity contribution in [2.24, 2.45) is 0 Å². The molecule has 1 rings (SSSR count). The van der Waals surface area contributed by atoms with Crippen molar-refractivity contribution in [3.05, 3.63) is 36.0 Å². The first-order chi connectivity index (χ1) is 7.24. The second-order valence-corrected chi connectivity index (χ2v) is 3.68. The summed E-state index contributed by atoms with van der Waals surface area (Å²) in [6.45, 7) is 0. The molecule has 0 bridgehead atoms. The van der Waals surface area contributed by atoms with Gasteiger partial charge in [0.1, 0.15) is 11.1 Å². The molecule has 15 heavy (non-hydrogen) atoms. The largest absolute Gasteiger partial charge is 0.266 e. The van der Waals surface area contributed by atoms with Crippen molar-refractivity contribution >= 4 is 11.8 Å². The van der Waals surface area contributed by atoms with E-state index in [1.165, 1.54) is 11.8 Å². The van der Waals surface area contributed by atoms with E-state index in [0.29, 0.717) is 16.3 Å². The Morgan fingerprint density at radius 2 is 2.40 bits per heavy atom. The van der Waals surface area contributed by atoms with Crippen LogP contribution in [0, 0.1) is 11.3 Å². The van der Waals surface area contributed by atoms with Crippen molar-refractivity contribution in [3.63, 3.8) is 0 Å². The highest BCUT2D eigenvalue weighted by atomic mass is 32.2. The molecule has 0 amide bonds. The number of hydrogen-bond acceptors (Lipinski definition) is 3. The molecule has 1 aromatic rings. The first-order valence-corrected chi connectivity index (χ1v) is 5.21. The molecule has 5 heteroatoms. The number of nitrogens with zero attached hydrogens (tertiary/aromatic N) is 2. The third-order valence-corrected chi connectivity index (χ3v) is 2.59.